The third-order valence-electron chi connectivity index (χ3n) is 4.64. The van der Waals surface area contributed by atoms with E-state index in [1.807, 2.05) is 36.7 Å². The van der Waals surface area contributed by atoms with Crippen molar-refractivity contribution in [1.29, 1.82) is 0 Å². The van der Waals surface area contributed by atoms with Crippen LogP contribution in [-0.2, 0) is 12.8 Å². The number of benzene rings is 1. The lowest BCUT2D eigenvalue weighted by Gasteiger charge is -2.05. The van der Waals surface area contributed by atoms with E-state index in [0.29, 0.717) is 6.42 Å². The van der Waals surface area contributed by atoms with Crippen molar-refractivity contribution in [2.24, 2.45) is 0 Å². The molecule has 136 valence electrons. The largest absolute Gasteiger partial charge is 0.396 e. The van der Waals surface area contributed by atoms with Gasteiger partial charge in [0.2, 0.25) is 0 Å². The Hall–Kier alpha value is -1.74. The monoisotopic (exact) mass is 340 g/mol. The molecule has 1 heterocycles. The Balaban J connectivity index is 1.70. The van der Waals surface area contributed by atoms with Crippen LogP contribution < -0.4 is 0 Å². The molecule has 0 saturated heterocycles. The standard InChI is InChI=1S/C22H32N2O/c1-2-3-4-5-6-7-8-9-10-20-17-23-22(24-18-20)21-13-11-19(12-14-21)15-16-25/h11-14,17-18,25H,2-10,15-16H2,1H3. The van der Waals surface area contributed by atoms with Crippen molar-refractivity contribution in [1.82, 2.24) is 9.97 Å². The summed E-state index contributed by atoms with van der Waals surface area (Å²) in [5.41, 5.74) is 3.39. The van der Waals surface area contributed by atoms with E-state index in [1.54, 1.807) is 0 Å². The highest BCUT2D eigenvalue weighted by Crippen LogP contribution is 2.16. The fourth-order valence-corrected chi connectivity index (χ4v) is 3.05. The van der Waals surface area contributed by atoms with Crippen molar-refractivity contribution in [2.75, 3.05) is 6.61 Å². The molecule has 1 N–H and O–H groups in total. The second-order valence-electron chi connectivity index (χ2n) is 6.81. The van der Waals surface area contributed by atoms with Gasteiger partial charge >= 0.3 is 0 Å². The Bertz CT molecular complexity index is 578. The molecule has 0 radical (unpaired) electrons. The van der Waals surface area contributed by atoms with Gasteiger partial charge in [-0.3, -0.25) is 0 Å². The topological polar surface area (TPSA) is 46.0 Å². The van der Waals surface area contributed by atoms with Crippen LogP contribution in [0, 0.1) is 0 Å². The van der Waals surface area contributed by atoms with Gasteiger partial charge in [0.25, 0.3) is 0 Å². The highest BCUT2D eigenvalue weighted by Gasteiger charge is 2.02. The third kappa shape index (κ3) is 7.35. The van der Waals surface area contributed by atoms with Crippen LogP contribution in [-0.4, -0.2) is 21.7 Å². The Morgan fingerprint density at radius 2 is 1.32 bits per heavy atom. The molecule has 1 aromatic carbocycles. The van der Waals surface area contributed by atoms with E-state index < -0.39 is 0 Å². The number of aliphatic hydroxyl groups excluding tert-OH is 1. The van der Waals surface area contributed by atoms with Gasteiger partial charge < -0.3 is 5.11 Å². The molecule has 0 aliphatic carbocycles. The quantitative estimate of drug-likeness (QED) is 0.529. The molecule has 0 amide bonds. The SMILES string of the molecule is CCCCCCCCCCc1cnc(-c2ccc(CCO)cc2)nc1. The van der Waals surface area contributed by atoms with Crippen LogP contribution in [0.25, 0.3) is 11.4 Å². The molecule has 3 nitrogen and oxygen atoms in total. The Morgan fingerprint density at radius 3 is 1.92 bits per heavy atom. The summed E-state index contributed by atoms with van der Waals surface area (Å²) in [6, 6.07) is 8.11. The molecular weight excluding hydrogens is 308 g/mol. The first-order chi connectivity index (χ1) is 12.3. The zero-order chi connectivity index (χ0) is 17.7. The molecule has 0 bridgehead atoms. The van der Waals surface area contributed by atoms with Gasteiger partial charge in [0.05, 0.1) is 0 Å². The lowest BCUT2D eigenvalue weighted by Crippen LogP contribution is -1.94. The van der Waals surface area contributed by atoms with Crippen LogP contribution in [0.1, 0.15) is 69.4 Å². The second kappa shape index (κ2) is 11.8. The maximum atomic E-state index is 8.96. The molecule has 0 aliphatic heterocycles. The lowest BCUT2D eigenvalue weighted by molar-refractivity contribution is 0.299. The third-order valence-corrected chi connectivity index (χ3v) is 4.64. The Labute approximate surface area is 152 Å². The van der Waals surface area contributed by atoms with Gasteiger partial charge in [-0.1, -0.05) is 76.1 Å². The number of unbranched alkanes of at least 4 members (excludes halogenated alkanes) is 7. The van der Waals surface area contributed by atoms with Crippen LogP contribution in [0.15, 0.2) is 36.7 Å². The van der Waals surface area contributed by atoms with Crippen molar-refractivity contribution >= 4 is 0 Å². The molecular formula is C22H32N2O. The molecule has 0 saturated carbocycles. The minimum Gasteiger partial charge on any atom is -0.396 e. The molecule has 2 aromatic rings. The molecule has 3 heteroatoms. The first kappa shape index (κ1) is 19.6. The summed E-state index contributed by atoms with van der Waals surface area (Å²) in [5.74, 6) is 0.773. The van der Waals surface area contributed by atoms with E-state index in [1.165, 1.54) is 56.9 Å². The van der Waals surface area contributed by atoms with Crippen LogP contribution in [0.4, 0.5) is 0 Å². The van der Waals surface area contributed by atoms with Crippen LogP contribution in [0.5, 0.6) is 0 Å². The minimum absolute atomic E-state index is 0.184. The molecule has 0 unspecified atom stereocenters. The van der Waals surface area contributed by atoms with Crippen molar-refractivity contribution in [3.8, 4) is 11.4 Å². The zero-order valence-electron chi connectivity index (χ0n) is 15.6. The number of aliphatic hydroxyl groups is 1. The van der Waals surface area contributed by atoms with Gasteiger partial charge in [-0.05, 0) is 30.4 Å². The zero-order valence-corrected chi connectivity index (χ0v) is 15.6. The Morgan fingerprint density at radius 1 is 0.720 bits per heavy atom. The van der Waals surface area contributed by atoms with Gasteiger partial charge in [0, 0.05) is 24.6 Å². The van der Waals surface area contributed by atoms with E-state index in [4.69, 9.17) is 5.11 Å². The smallest absolute Gasteiger partial charge is 0.159 e. The molecule has 1 aromatic heterocycles. The number of aryl methyl sites for hydroxylation is 1. The van der Waals surface area contributed by atoms with E-state index >= 15 is 0 Å². The normalized spacial score (nSPS) is 11.0. The summed E-state index contributed by atoms with van der Waals surface area (Å²) >= 11 is 0. The van der Waals surface area contributed by atoms with Crippen LogP contribution in [0.2, 0.25) is 0 Å². The highest BCUT2D eigenvalue weighted by molar-refractivity contribution is 5.55. The number of hydrogen-bond acceptors (Lipinski definition) is 3. The van der Waals surface area contributed by atoms with Gasteiger partial charge in [-0.15, -0.1) is 0 Å². The second-order valence-corrected chi connectivity index (χ2v) is 6.81. The summed E-state index contributed by atoms with van der Waals surface area (Å²) in [7, 11) is 0. The average molecular weight is 341 g/mol. The average Bonchev–Trinajstić information content (AvgIpc) is 2.65. The summed E-state index contributed by atoms with van der Waals surface area (Å²) in [6.45, 7) is 2.45. The maximum absolute atomic E-state index is 8.96. The minimum atomic E-state index is 0.184. The summed E-state index contributed by atoms with van der Waals surface area (Å²) in [5, 5.41) is 8.96. The predicted octanol–water partition coefficient (Wildman–Crippen LogP) is 5.36. The van der Waals surface area contributed by atoms with Crippen molar-refractivity contribution in [3.05, 3.63) is 47.8 Å². The predicted molar refractivity (Wildman–Crippen MR) is 105 cm³/mol. The van der Waals surface area contributed by atoms with Gasteiger partial charge in [0.15, 0.2) is 5.82 Å². The van der Waals surface area contributed by atoms with E-state index in [0.717, 1.165) is 23.4 Å². The maximum Gasteiger partial charge on any atom is 0.159 e. The number of hydrogen-bond donors (Lipinski definition) is 1. The highest BCUT2D eigenvalue weighted by atomic mass is 16.2. The van der Waals surface area contributed by atoms with Gasteiger partial charge in [-0.25, -0.2) is 9.97 Å². The van der Waals surface area contributed by atoms with Crippen molar-refractivity contribution < 1.29 is 5.11 Å². The van der Waals surface area contributed by atoms with Crippen LogP contribution in [0.3, 0.4) is 0 Å². The fraction of sp³-hybridized carbons (Fsp3) is 0.545. The summed E-state index contributed by atoms with van der Waals surface area (Å²) < 4.78 is 0. The molecule has 0 fully saturated rings. The number of aromatic nitrogens is 2. The van der Waals surface area contributed by atoms with Crippen molar-refractivity contribution in [2.45, 2.75) is 71.1 Å². The fourth-order valence-electron chi connectivity index (χ4n) is 3.05. The molecule has 0 aliphatic rings. The molecule has 25 heavy (non-hydrogen) atoms. The van der Waals surface area contributed by atoms with Crippen molar-refractivity contribution in [3.63, 3.8) is 0 Å². The van der Waals surface area contributed by atoms with Gasteiger partial charge in [0.1, 0.15) is 0 Å². The first-order valence-electron chi connectivity index (χ1n) is 9.84. The Kier molecular flexibility index (Phi) is 9.21. The van der Waals surface area contributed by atoms with E-state index in [9.17, 15) is 0 Å². The number of nitrogens with zero attached hydrogens (tertiary/aromatic N) is 2. The van der Waals surface area contributed by atoms with Gasteiger partial charge in [-0.2, -0.15) is 0 Å². The van der Waals surface area contributed by atoms with Crippen LogP contribution >= 0.6 is 0 Å². The number of rotatable bonds is 12. The summed E-state index contributed by atoms with van der Waals surface area (Å²) in [6.07, 6.45) is 16.4. The van der Waals surface area contributed by atoms with E-state index in [-0.39, 0.29) is 6.61 Å². The molecule has 2 rings (SSSR count). The first-order valence-corrected chi connectivity index (χ1v) is 9.84. The molecule has 0 atom stereocenters. The molecule has 0 spiro atoms. The summed E-state index contributed by atoms with van der Waals surface area (Å²) in [4.78, 5) is 9.03. The lowest BCUT2D eigenvalue weighted by atomic mass is 10.1. The van der Waals surface area contributed by atoms with E-state index in [2.05, 4.69) is 16.9 Å².